The van der Waals surface area contributed by atoms with Crippen LogP contribution in [-0.2, 0) is 6.54 Å². The summed E-state index contributed by atoms with van der Waals surface area (Å²) in [5.74, 6) is 0.700. The molecule has 18 heavy (non-hydrogen) atoms. The van der Waals surface area contributed by atoms with E-state index in [2.05, 4.69) is 9.97 Å². The van der Waals surface area contributed by atoms with Crippen molar-refractivity contribution in [3.05, 3.63) is 45.3 Å². The zero-order valence-electron chi connectivity index (χ0n) is 10.2. The van der Waals surface area contributed by atoms with Gasteiger partial charge in [-0.3, -0.25) is 0 Å². The molecule has 5 heteroatoms. The Hall–Kier alpha value is -1.16. The van der Waals surface area contributed by atoms with E-state index >= 15 is 0 Å². The number of aromatic nitrogens is 2. The Morgan fingerprint density at radius 1 is 1.17 bits per heavy atom. The molecule has 0 unspecified atom stereocenters. The summed E-state index contributed by atoms with van der Waals surface area (Å²) in [5, 5.41) is 1.16. The molecule has 0 saturated carbocycles. The summed E-state index contributed by atoms with van der Waals surface area (Å²) in [5.41, 5.74) is 9.17. The minimum absolute atomic E-state index is 0.375. The van der Waals surface area contributed by atoms with Gasteiger partial charge >= 0.3 is 0 Å². The van der Waals surface area contributed by atoms with Gasteiger partial charge in [0.1, 0.15) is 5.82 Å². The Morgan fingerprint density at radius 3 is 2.50 bits per heavy atom. The molecule has 0 amide bonds. The van der Waals surface area contributed by atoms with Crippen LogP contribution in [0.25, 0.3) is 11.3 Å². The van der Waals surface area contributed by atoms with Gasteiger partial charge in [0, 0.05) is 28.4 Å². The fourth-order valence-corrected chi connectivity index (χ4v) is 2.38. The molecule has 0 radical (unpaired) electrons. The van der Waals surface area contributed by atoms with Crippen molar-refractivity contribution in [2.24, 2.45) is 5.73 Å². The average Bonchev–Trinajstić information content (AvgIpc) is 2.28. The van der Waals surface area contributed by atoms with E-state index in [1.54, 1.807) is 12.1 Å². The zero-order chi connectivity index (χ0) is 13.3. The Morgan fingerprint density at radius 2 is 1.89 bits per heavy atom. The third-order valence-electron chi connectivity index (χ3n) is 2.72. The molecule has 94 valence electrons. The first kappa shape index (κ1) is 13.3. The second-order valence-electron chi connectivity index (χ2n) is 4.01. The van der Waals surface area contributed by atoms with Crippen LogP contribution in [0.2, 0.25) is 10.0 Å². The lowest BCUT2D eigenvalue weighted by atomic mass is 10.0. The Balaban J connectivity index is 2.69. The quantitative estimate of drug-likeness (QED) is 0.916. The lowest BCUT2D eigenvalue weighted by Gasteiger charge is -2.12. The van der Waals surface area contributed by atoms with Crippen molar-refractivity contribution in [3.8, 4) is 11.3 Å². The Labute approximate surface area is 116 Å². The molecule has 1 aromatic carbocycles. The van der Waals surface area contributed by atoms with E-state index in [4.69, 9.17) is 28.9 Å². The van der Waals surface area contributed by atoms with Gasteiger partial charge in [0.25, 0.3) is 0 Å². The topological polar surface area (TPSA) is 51.8 Å². The second kappa shape index (κ2) is 5.22. The number of halogens is 2. The smallest absolute Gasteiger partial charge is 0.126 e. The van der Waals surface area contributed by atoms with Crippen LogP contribution in [0.15, 0.2) is 18.2 Å². The van der Waals surface area contributed by atoms with Crippen LogP contribution in [0.4, 0.5) is 0 Å². The van der Waals surface area contributed by atoms with Crippen molar-refractivity contribution in [1.82, 2.24) is 9.97 Å². The van der Waals surface area contributed by atoms with Gasteiger partial charge in [-0.05, 0) is 32.0 Å². The number of nitrogens with zero attached hydrogens (tertiary/aromatic N) is 2. The summed E-state index contributed by atoms with van der Waals surface area (Å²) < 4.78 is 0. The Kier molecular flexibility index (Phi) is 3.85. The van der Waals surface area contributed by atoms with E-state index in [1.807, 2.05) is 19.9 Å². The van der Waals surface area contributed by atoms with Gasteiger partial charge in [0.05, 0.1) is 10.7 Å². The monoisotopic (exact) mass is 281 g/mol. The fourth-order valence-electron chi connectivity index (χ4n) is 1.88. The highest BCUT2D eigenvalue weighted by molar-refractivity contribution is 6.36. The molecule has 3 nitrogen and oxygen atoms in total. The first-order valence-corrected chi connectivity index (χ1v) is 6.28. The highest BCUT2D eigenvalue weighted by Gasteiger charge is 2.13. The van der Waals surface area contributed by atoms with E-state index in [0.717, 1.165) is 22.5 Å². The van der Waals surface area contributed by atoms with E-state index in [-0.39, 0.29) is 0 Å². The van der Waals surface area contributed by atoms with Gasteiger partial charge in [0.15, 0.2) is 0 Å². The van der Waals surface area contributed by atoms with Crippen molar-refractivity contribution >= 4 is 23.2 Å². The minimum Gasteiger partial charge on any atom is -0.326 e. The lowest BCUT2D eigenvalue weighted by molar-refractivity contribution is 0.937. The van der Waals surface area contributed by atoms with Crippen molar-refractivity contribution in [2.45, 2.75) is 20.4 Å². The largest absolute Gasteiger partial charge is 0.326 e. The molecule has 0 bridgehead atoms. The van der Waals surface area contributed by atoms with Crippen molar-refractivity contribution in [2.75, 3.05) is 0 Å². The summed E-state index contributed by atoms with van der Waals surface area (Å²) in [6.07, 6.45) is 0. The highest BCUT2D eigenvalue weighted by Crippen LogP contribution is 2.31. The molecule has 1 aromatic heterocycles. The van der Waals surface area contributed by atoms with Crippen LogP contribution in [0.1, 0.15) is 17.1 Å². The normalized spacial score (nSPS) is 10.7. The Bertz CT molecular complexity index is 597. The maximum atomic E-state index is 6.21. The summed E-state index contributed by atoms with van der Waals surface area (Å²) in [6, 6.07) is 5.34. The molecule has 0 aliphatic rings. The molecule has 1 heterocycles. The summed E-state index contributed by atoms with van der Waals surface area (Å²) in [7, 11) is 0. The second-order valence-corrected chi connectivity index (χ2v) is 4.86. The average molecular weight is 282 g/mol. The van der Waals surface area contributed by atoms with Gasteiger partial charge < -0.3 is 5.73 Å². The van der Waals surface area contributed by atoms with Crippen LogP contribution in [0.5, 0.6) is 0 Å². The molecule has 0 spiro atoms. The van der Waals surface area contributed by atoms with Crippen LogP contribution in [0.3, 0.4) is 0 Å². The van der Waals surface area contributed by atoms with Gasteiger partial charge in [-0.15, -0.1) is 0 Å². The van der Waals surface area contributed by atoms with E-state index < -0.39 is 0 Å². The van der Waals surface area contributed by atoms with Crippen LogP contribution in [-0.4, -0.2) is 9.97 Å². The molecular formula is C13H13Cl2N3. The number of rotatable bonds is 2. The lowest BCUT2D eigenvalue weighted by Crippen LogP contribution is -2.07. The molecule has 2 aromatic rings. The van der Waals surface area contributed by atoms with Crippen molar-refractivity contribution in [3.63, 3.8) is 0 Å². The molecule has 2 rings (SSSR count). The summed E-state index contributed by atoms with van der Waals surface area (Å²) in [6.45, 7) is 4.14. The molecule has 0 fully saturated rings. The molecule has 0 aliphatic carbocycles. The maximum Gasteiger partial charge on any atom is 0.126 e. The molecule has 2 N–H and O–H groups in total. The first-order valence-electron chi connectivity index (χ1n) is 5.52. The minimum atomic E-state index is 0.375. The van der Waals surface area contributed by atoms with E-state index in [9.17, 15) is 0 Å². The number of nitrogens with two attached hydrogens (primary N) is 1. The third-order valence-corrected chi connectivity index (χ3v) is 3.26. The van der Waals surface area contributed by atoms with Crippen LogP contribution in [0, 0.1) is 13.8 Å². The van der Waals surface area contributed by atoms with Crippen molar-refractivity contribution < 1.29 is 0 Å². The third kappa shape index (κ3) is 2.48. The summed E-state index contributed by atoms with van der Waals surface area (Å²) >= 11 is 12.1. The van der Waals surface area contributed by atoms with E-state index in [1.165, 1.54) is 0 Å². The molecular weight excluding hydrogens is 269 g/mol. The molecule has 0 aliphatic heterocycles. The van der Waals surface area contributed by atoms with Gasteiger partial charge in [-0.25, -0.2) is 9.97 Å². The molecule has 0 atom stereocenters. The summed E-state index contributed by atoms with van der Waals surface area (Å²) in [4.78, 5) is 8.76. The predicted octanol–water partition coefficient (Wildman–Crippen LogP) is 3.53. The number of hydrogen-bond donors (Lipinski definition) is 1. The zero-order valence-corrected chi connectivity index (χ0v) is 11.7. The standard InChI is InChI=1S/C13H13Cl2N3/c1-7-11(6-16)13(18-8(2)17-7)10-4-3-9(14)5-12(10)15/h3-5H,6,16H2,1-2H3. The van der Waals surface area contributed by atoms with Gasteiger partial charge in [-0.2, -0.15) is 0 Å². The van der Waals surface area contributed by atoms with E-state index in [0.29, 0.717) is 22.4 Å². The van der Waals surface area contributed by atoms with Gasteiger partial charge in [0.2, 0.25) is 0 Å². The number of hydrogen-bond acceptors (Lipinski definition) is 3. The number of benzene rings is 1. The predicted molar refractivity (Wildman–Crippen MR) is 74.9 cm³/mol. The van der Waals surface area contributed by atoms with Crippen LogP contribution >= 0.6 is 23.2 Å². The maximum absolute atomic E-state index is 6.21. The van der Waals surface area contributed by atoms with Gasteiger partial charge in [-0.1, -0.05) is 23.2 Å². The SMILES string of the molecule is Cc1nc(C)c(CN)c(-c2ccc(Cl)cc2Cl)n1. The van der Waals surface area contributed by atoms with Crippen molar-refractivity contribution in [1.29, 1.82) is 0 Å². The first-order chi connectivity index (χ1) is 8.52. The fraction of sp³-hybridized carbons (Fsp3) is 0.231. The number of aryl methyl sites for hydroxylation is 2. The van der Waals surface area contributed by atoms with Crippen LogP contribution < -0.4 is 5.73 Å². The highest BCUT2D eigenvalue weighted by atomic mass is 35.5. The molecule has 0 saturated heterocycles.